The second kappa shape index (κ2) is 5.68. The van der Waals surface area contributed by atoms with Crippen LogP contribution in [0.4, 0.5) is 10.3 Å². The van der Waals surface area contributed by atoms with Gasteiger partial charge in [0.15, 0.2) is 5.65 Å². The SMILES string of the molecule is CCc1cc(F)c(-c2ccn3nc(N)nc3c2)cc1C(=O)OC. The molecule has 2 heterocycles. The number of nitrogen functional groups attached to an aromatic ring is 1. The van der Waals surface area contributed by atoms with Gasteiger partial charge in [-0.3, -0.25) is 0 Å². The summed E-state index contributed by atoms with van der Waals surface area (Å²) in [5.41, 5.74) is 7.88. The van der Waals surface area contributed by atoms with E-state index >= 15 is 0 Å². The van der Waals surface area contributed by atoms with E-state index in [1.807, 2.05) is 6.92 Å². The number of hydrogen-bond donors (Lipinski definition) is 1. The molecule has 0 atom stereocenters. The van der Waals surface area contributed by atoms with Crippen molar-refractivity contribution >= 4 is 17.6 Å². The van der Waals surface area contributed by atoms with E-state index in [2.05, 4.69) is 10.1 Å². The number of esters is 1. The standard InChI is InChI=1S/C16H15FN4O2/c1-3-9-6-13(17)11(8-12(9)15(22)23-2)10-4-5-21-14(7-10)19-16(18)20-21/h4-8H,3H2,1-2H3,(H2,18,20). The highest BCUT2D eigenvalue weighted by atomic mass is 19.1. The predicted octanol–water partition coefficient (Wildman–Crippen LogP) is 2.47. The Morgan fingerprint density at radius 1 is 1.39 bits per heavy atom. The molecule has 0 saturated heterocycles. The molecule has 0 saturated carbocycles. The number of benzene rings is 1. The Bertz CT molecular complexity index is 904. The molecule has 3 rings (SSSR count). The topological polar surface area (TPSA) is 82.5 Å². The number of anilines is 1. The van der Waals surface area contributed by atoms with Crippen molar-refractivity contribution < 1.29 is 13.9 Å². The largest absolute Gasteiger partial charge is 0.465 e. The first kappa shape index (κ1) is 15.0. The highest BCUT2D eigenvalue weighted by molar-refractivity contribution is 5.93. The molecule has 3 aromatic rings. The number of pyridine rings is 1. The lowest BCUT2D eigenvalue weighted by Crippen LogP contribution is -2.07. The van der Waals surface area contributed by atoms with Crippen LogP contribution in [0.2, 0.25) is 0 Å². The number of fused-ring (bicyclic) bond motifs is 1. The zero-order valence-corrected chi connectivity index (χ0v) is 12.7. The molecule has 0 amide bonds. The van der Waals surface area contributed by atoms with Crippen LogP contribution >= 0.6 is 0 Å². The fraction of sp³-hybridized carbons (Fsp3) is 0.188. The minimum absolute atomic E-state index is 0.138. The number of nitrogens with zero attached hydrogens (tertiary/aromatic N) is 3. The molecule has 0 fully saturated rings. The van der Waals surface area contributed by atoms with Gasteiger partial charge in [0.05, 0.1) is 12.7 Å². The average Bonchev–Trinajstić information content (AvgIpc) is 2.92. The van der Waals surface area contributed by atoms with Crippen LogP contribution in [0.25, 0.3) is 16.8 Å². The maximum absolute atomic E-state index is 14.5. The second-order valence-electron chi connectivity index (χ2n) is 5.02. The Morgan fingerprint density at radius 2 is 2.17 bits per heavy atom. The molecule has 0 aliphatic carbocycles. The van der Waals surface area contributed by atoms with Crippen LogP contribution in [0.3, 0.4) is 0 Å². The summed E-state index contributed by atoms with van der Waals surface area (Å²) in [4.78, 5) is 16.0. The van der Waals surface area contributed by atoms with Crippen LogP contribution in [0, 0.1) is 5.82 Å². The van der Waals surface area contributed by atoms with E-state index < -0.39 is 11.8 Å². The van der Waals surface area contributed by atoms with Crippen molar-refractivity contribution in [2.75, 3.05) is 12.8 Å². The number of aryl methyl sites for hydroxylation is 1. The molecule has 23 heavy (non-hydrogen) atoms. The van der Waals surface area contributed by atoms with Gasteiger partial charge in [-0.15, -0.1) is 5.10 Å². The van der Waals surface area contributed by atoms with E-state index in [1.165, 1.54) is 23.8 Å². The highest BCUT2D eigenvalue weighted by Crippen LogP contribution is 2.27. The Balaban J connectivity index is 2.18. The van der Waals surface area contributed by atoms with Crippen molar-refractivity contribution in [2.45, 2.75) is 13.3 Å². The summed E-state index contributed by atoms with van der Waals surface area (Å²) in [7, 11) is 1.30. The van der Waals surface area contributed by atoms with Crippen LogP contribution in [-0.2, 0) is 11.2 Å². The number of carbonyl (C=O) groups excluding carboxylic acids is 1. The number of aromatic nitrogens is 3. The summed E-state index contributed by atoms with van der Waals surface area (Å²) in [5, 5.41) is 3.97. The molecule has 0 spiro atoms. The number of ether oxygens (including phenoxy) is 1. The second-order valence-corrected chi connectivity index (χ2v) is 5.02. The van der Waals surface area contributed by atoms with Gasteiger partial charge < -0.3 is 10.5 Å². The fourth-order valence-electron chi connectivity index (χ4n) is 2.49. The van der Waals surface area contributed by atoms with Crippen LogP contribution in [0.15, 0.2) is 30.5 Å². The van der Waals surface area contributed by atoms with Crippen molar-refractivity contribution in [3.8, 4) is 11.1 Å². The zero-order chi connectivity index (χ0) is 16.6. The summed E-state index contributed by atoms with van der Waals surface area (Å²) in [5.74, 6) is -0.763. The third-order valence-electron chi connectivity index (χ3n) is 3.64. The first-order valence-electron chi connectivity index (χ1n) is 7.06. The summed E-state index contributed by atoms with van der Waals surface area (Å²) in [6.07, 6.45) is 2.17. The van der Waals surface area contributed by atoms with Gasteiger partial charge in [-0.1, -0.05) is 6.92 Å². The normalized spacial score (nSPS) is 10.9. The highest BCUT2D eigenvalue weighted by Gasteiger charge is 2.17. The molecule has 0 unspecified atom stereocenters. The van der Waals surface area contributed by atoms with Crippen LogP contribution in [0.5, 0.6) is 0 Å². The smallest absolute Gasteiger partial charge is 0.338 e. The third-order valence-corrected chi connectivity index (χ3v) is 3.64. The first-order chi connectivity index (χ1) is 11.0. The number of rotatable bonds is 3. The van der Waals surface area contributed by atoms with E-state index in [0.717, 1.165) is 0 Å². The zero-order valence-electron chi connectivity index (χ0n) is 12.7. The fourth-order valence-corrected chi connectivity index (χ4v) is 2.49. The summed E-state index contributed by atoms with van der Waals surface area (Å²) >= 11 is 0. The molecule has 2 aromatic heterocycles. The van der Waals surface area contributed by atoms with Gasteiger partial charge in [0.25, 0.3) is 0 Å². The molecule has 6 nitrogen and oxygen atoms in total. The minimum atomic E-state index is -0.490. The maximum Gasteiger partial charge on any atom is 0.338 e. The molecule has 7 heteroatoms. The van der Waals surface area contributed by atoms with Gasteiger partial charge in [-0.25, -0.2) is 13.7 Å². The van der Waals surface area contributed by atoms with Crippen molar-refractivity contribution in [3.05, 3.63) is 47.4 Å². The molecular weight excluding hydrogens is 299 g/mol. The first-order valence-corrected chi connectivity index (χ1v) is 7.06. The van der Waals surface area contributed by atoms with Gasteiger partial charge in [0.1, 0.15) is 5.82 Å². The molecular formula is C16H15FN4O2. The lowest BCUT2D eigenvalue weighted by atomic mass is 9.97. The summed E-state index contributed by atoms with van der Waals surface area (Å²) in [6, 6.07) is 6.22. The van der Waals surface area contributed by atoms with Gasteiger partial charge >= 0.3 is 5.97 Å². The van der Waals surface area contributed by atoms with E-state index in [0.29, 0.717) is 34.3 Å². The van der Waals surface area contributed by atoms with Gasteiger partial charge in [-0.2, -0.15) is 4.98 Å². The molecule has 0 aliphatic heterocycles. The number of nitrogens with two attached hydrogens (primary N) is 1. The number of carbonyl (C=O) groups is 1. The predicted molar refractivity (Wildman–Crippen MR) is 83.5 cm³/mol. The van der Waals surface area contributed by atoms with Gasteiger partial charge in [-0.05, 0) is 41.8 Å². The lowest BCUT2D eigenvalue weighted by Gasteiger charge is -2.11. The minimum Gasteiger partial charge on any atom is -0.465 e. The third kappa shape index (κ3) is 2.61. The monoisotopic (exact) mass is 314 g/mol. The van der Waals surface area contributed by atoms with E-state index in [-0.39, 0.29) is 5.95 Å². The number of methoxy groups -OCH3 is 1. The quantitative estimate of drug-likeness (QED) is 0.751. The molecule has 0 bridgehead atoms. The van der Waals surface area contributed by atoms with Crippen molar-refractivity contribution in [1.29, 1.82) is 0 Å². The lowest BCUT2D eigenvalue weighted by molar-refractivity contribution is 0.0599. The van der Waals surface area contributed by atoms with Gasteiger partial charge in [0, 0.05) is 11.8 Å². The Hall–Kier alpha value is -2.96. The van der Waals surface area contributed by atoms with Crippen molar-refractivity contribution in [2.24, 2.45) is 0 Å². The van der Waals surface area contributed by atoms with E-state index in [9.17, 15) is 9.18 Å². The summed E-state index contributed by atoms with van der Waals surface area (Å²) in [6.45, 7) is 1.85. The number of halogens is 1. The maximum atomic E-state index is 14.5. The molecule has 0 aliphatic rings. The summed E-state index contributed by atoms with van der Waals surface area (Å²) < 4.78 is 20.7. The van der Waals surface area contributed by atoms with E-state index in [4.69, 9.17) is 10.5 Å². The average molecular weight is 314 g/mol. The molecule has 1 aromatic carbocycles. The van der Waals surface area contributed by atoms with Crippen molar-refractivity contribution in [1.82, 2.24) is 14.6 Å². The molecule has 0 radical (unpaired) electrons. The Labute approximate surface area is 131 Å². The van der Waals surface area contributed by atoms with Crippen LogP contribution in [0.1, 0.15) is 22.8 Å². The van der Waals surface area contributed by atoms with Crippen LogP contribution < -0.4 is 5.73 Å². The number of hydrogen-bond acceptors (Lipinski definition) is 5. The molecule has 118 valence electrons. The Morgan fingerprint density at radius 3 is 2.87 bits per heavy atom. The van der Waals surface area contributed by atoms with E-state index in [1.54, 1.807) is 18.3 Å². The molecule has 2 N–H and O–H groups in total. The van der Waals surface area contributed by atoms with Gasteiger partial charge in [0.2, 0.25) is 5.95 Å². The van der Waals surface area contributed by atoms with Crippen molar-refractivity contribution in [3.63, 3.8) is 0 Å². The van der Waals surface area contributed by atoms with Crippen LogP contribution in [-0.4, -0.2) is 27.7 Å². The Kier molecular flexibility index (Phi) is 3.69.